The molecule has 2 N–H and O–H groups in total. The van der Waals surface area contributed by atoms with Crippen LogP contribution >= 0.6 is 11.6 Å². The Morgan fingerprint density at radius 1 is 1.17 bits per heavy atom. The maximum atomic E-state index is 13.0. The van der Waals surface area contributed by atoms with Crippen LogP contribution in [-0.4, -0.2) is 15.7 Å². The van der Waals surface area contributed by atoms with Crippen molar-refractivity contribution < 1.29 is 9.18 Å². The number of hydrogen-bond acceptors (Lipinski definition) is 3. The molecule has 6 nitrogen and oxygen atoms in total. The lowest BCUT2D eigenvalue weighted by Gasteiger charge is -2.09. The van der Waals surface area contributed by atoms with Crippen molar-refractivity contribution in [2.24, 2.45) is 0 Å². The minimum Gasteiger partial charge on any atom is -0.323 e. The highest BCUT2D eigenvalue weighted by molar-refractivity contribution is 6.33. The van der Waals surface area contributed by atoms with Crippen LogP contribution in [0.3, 0.4) is 0 Å². The van der Waals surface area contributed by atoms with Crippen LogP contribution < -0.4 is 16.4 Å². The van der Waals surface area contributed by atoms with E-state index in [9.17, 15) is 18.8 Å². The molecule has 2 aromatic carbocycles. The number of H-pyrrole nitrogens is 1. The quantitative estimate of drug-likeness (QED) is 0.761. The van der Waals surface area contributed by atoms with E-state index < -0.39 is 29.4 Å². The van der Waals surface area contributed by atoms with Gasteiger partial charge in [-0.3, -0.25) is 19.5 Å². The van der Waals surface area contributed by atoms with Gasteiger partial charge in [-0.25, -0.2) is 9.07 Å². The first-order valence-corrected chi connectivity index (χ1v) is 7.30. The molecule has 0 radical (unpaired) electrons. The molecule has 0 unspecified atom stereocenters. The predicted molar refractivity (Wildman–Crippen MR) is 88.9 cm³/mol. The van der Waals surface area contributed by atoms with Crippen LogP contribution in [0, 0.1) is 5.82 Å². The van der Waals surface area contributed by atoms with Crippen molar-refractivity contribution in [3.8, 4) is 0 Å². The fourth-order valence-electron chi connectivity index (χ4n) is 2.28. The maximum Gasteiger partial charge on any atom is 0.273 e. The lowest BCUT2D eigenvalue weighted by Crippen LogP contribution is -2.34. The van der Waals surface area contributed by atoms with Crippen LogP contribution in [0.25, 0.3) is 10.8 Å². The molecule has 1 heterocycles. The summed E-state index contributed by atoms with van der Waals surface area (Å²) in [5, 5.41) is 5.31. The van der Waals surface area contributed by atoms with Crippen LogP contribution in [0.4, 0.5) is 10.1 Å². The summed E-state index contributed by atoms with van der Waals surface area (Å²) >= 11 is 5.83. The molecule has 0 spiro atoms. The molecule has 0 bridgehead atoms. The Morgan fingerprint density at radius 2 is 1.88 bits per heavy atom. The Morgan fingerprint density at radius 3 is 2.58 bits per heavy atom. The van der Waals surface area contributed by atoms with Crippen molar-refractivity contribution in [2.45, 2.75) is 6.54 Å². The number of amides is 1. The summed E-state index contributed by atoms with van der Waals surface area (Å²) in [4.78, 5) is 36.4. The van der Waals surface area contributed by atoms with Crippen molar-refractivity contribution >= 4 is 34.0 Å². The predicted octanol–water partition coefficient (Wildman–Crippen LogP) is 2.12. The lowest BCUT2D eigenvalue weighted by atomic mass is 10.2. The number of carbonyl (C=O) groups is 1. The number of nitrogens with zero attached hydrogens (tertiary/aromatic N) is 1. The molecule has 0 aliphatic rings. The number of hydrogen-bond donors (Lipinski definition) is 2. The number of halogens is 2. The highest BCUT2D eigenvalue weighted by atomic mass is 35.5. The first-order valence-electron chi connectivity index (χ1n) is 6.92. The second-order valence-electron chi connectivity index (χ2n) is 5.05. The van der Waals surface area contributed by atoms with Gasteiger partial charge in [0.05, 0.1) is 21.5 Å². The molecule has 1 amide bonds. The van der Waals surface area contributed by atoms with Gasteiger partial charge >= 0.3 is 0 Å². The molecule has 122 valence electrons. The molecular formula is C16H11ClFN3O3. The van der Waals surface area contributed by atoms with Gasteiger partial charge in [-0.15, -0.1) is 0 Å². The largest absolute Gasteiger partial charge is 0.323 e. The number of aromatic amines is 1. The topological polar surface area (TPSA) is 84.0 Å². The summed E-state index contributed by atoms with van der Waals surface area (Å²) in [6, 6.07) is 9.82. The highest BCUT2D eigenvalue weighted by Gasteiger charge is 2.11. The number of fused-ring (bicyclic) bond motifs is 1. The summed E-state index contributed by atoms with van der Waals surface area (Å²) < 4.78 is 13.9. The Bertz CT molecular complexity index is 1060. The fraction of sp³-hybridized carbons (Fsp3) is 0.0625. The zero-order valence-corrected chi connectivity index (χ0v) is 12.9. The minimum absolute atomic E-state index is 0.0303. The Labute approximate surface area is 139 Å². The van der Waals surface area contributed by atoms with Gasteiger partial charge in [-0.2, -0.15) is 0 Å². The van der Waals surface area contributed by atoms with E-state index in [1.165, 1.54) is 18.2 Å². The fourth-order valence-corrected chi connectivity index (χ4v) is 2.50. The molecule has 3 aromatic rings. The summed E-state index contributed by atoms with van der Waals surface area (Å²) in [5.41, 5.74) is -0.761. The second-order valence-corrected chi connectivity index (χ2v) is 5.46. The third-order valence-corrected chi connectivity index (χ3v) is 3.70. The van der Waals surface area contributed by atoms with Gasteiger partial charge < -0.3 is 5.32 Å². The van der Waals surface area contributed by atoms with Gasteiger partial charge in [0, 0.05) is 0 Å². The molecule has 3 rings (SSSR count). The summed E-state index contributed by atoms with van der Waals surface area (Å²) in [7, 11) is 0. The van der Waals surface area contributed by atoms with E-state index in [2.05, 4.69) is 10.4 Å². The average molecular weight is 348 g/mol. The highest BCUT2D eigenvalue weighted by Crippen LogP contribution is 2.22. The number of anilines is 1. The Kier molecular flexibility index (Phi) is 4.18. The number of aromatic nitrogens is 2. The Hall–Kier alpha value is -2.93. The van der Waals surface area contributed by atoms with Crippen LogP contribution in [-0.2, 0) is 11.3 Å². The number of rotatable bonds is 3. The van der Waals surface area contributed by atoms with E-state index in [4.69, 9.17) is 11.6 Å². The maximum absolute atomic E-state index is 13.0. The van der Waals surface area contributed by atoms with E-state index in [0.29, 0.717) is 0 Å². The van der Waals surface area contributed by atoms with Crippen molar-refractivity contribution in [3.63, 3.8) is 0 Å². The standard InChI is InChI=1S/C16H11ClFN3O3/c17-12-7-9(18)5-6-13(12)19-14(22)8-21-16(24)11-4-2-1-3-10(11)15(23)20-21/h1-7H,8H2,(H,19,22)(H,20,23). The van der Waals surface area contributed by atoms with Crippen LogP contribution in [0.5, 0.6) is 0 Å². The molecule has 0 atom stereocenters. The van der Waals surface area contributed by atoms with Crippen molar-refractivity contribution in [1.29, 1.82) is 0 Å². The molecule has 0 saturated carbocycles. The van der Waals surface area contributed by atoms with Crippen LogP contribution in [0.1, 0.15) is 0 Å². The van der Waals surface area contributed by atoms with Gasteiger partial charge in [-0.1, -0.05) is 23.7 Å². The second kappa shape index (κ2) is 6.29. The number of nitrogens with one attached hydrogen (secondary N) is 2. The van der Waals surface area contributed by atoms with E-state index in [-0.39, 0.29) is 21.5 Å². The summed E-state index contributed by atoms with van der Waals surface area (Å²) in [6.07, 6.45) is 0. The normalized spacial score (nSPS) is 10.8. The summed E-state index contributed by atoms with van der Waals surface area (Å²) in [5.74, 6) is -1.12. The minimum atomic E-state index is -0.587. The van der Waals surface area contributed by atoms with Gasteiger partial charge in [0.15, 0.2) is 0 Å². The van der Waals surface area contributed by atoms with Crippen molar-refractivity contribution in [3.05, 3.63) is 74.0 Å². The molecule has 0 saturated heterocycles. The zero-order chi connectivity index (χ0) is 17.3. The van der Waals surface area contributed by atoms with E-state index in [1.54, 1.807) is 12.1 Å². The molecule has 0 aliphatic heterocycles. The van der Waals surface area contributed by atoms with E-state index in [1.807, 2.05) is 0 Å². The smallest absolute Gasteiger partial charge is 0.273 e. The van der Waals surface area contributed by atoms with E-state index in [0.717, 1.165) is 16.8 Å². The Balaban J connectivity index is 1.90. The van der Waals surface area contributed by atoms with Gasteiger partial charge in [0.25, 0.3) is 11.1 Å². The third kappa shape index (κ3) is 3.07. The van der Waals surface area contributed by atoms with Crippen LogP contribution in [0.15, 0.2) is 52.1 Å². The van der Waals surface area contributed by atoms with E-state index >= 15 is 0 Å². The molecule has 24 heavy (non-hydrogen) atoms. The first-order chi connectivity index (χ1) is 11.5. The number of benzene rings is 2. The molecule has 0 aliphatic carbocycles. The molecule has 1 aromatic heterocycles. The first kappa shape index (κ1) is 15.9. The van der Waals surface area contributed by atoms with Gasteiger partial charge in [-0.05, 0) is 30.3 Å². The van der Waals surface area contributed by atoms with Crippen molar-refractivity contribution in [1.82, 2.24) is 9.78 Å². The lowest BCUT2D eigenvalue weighted by molar-refractivity contribution is -0.117. The van der Waals surface area contributed by atoms with Crippen LogP contribution in [0.2, 0.25) is 5.02 Å². The third-order valence-electron chi connectivity index (χ3n) is 3.39. The molecular weight excluding hydrogens is 337 g/mol. The van der Waals surface area contributed by atoms with Gasteiger partial charge in [0.2, 0.25) is 5.91 Å². The zero-order valence-electron chi connectivity index (χ0n) is 12.2. The van der Waals surface area contributed by atoms with Crippen molar-refractivity contribution in [2.75, 3.05) is 5.32 Å². The SMILES string of the molecule is O=C(Cn1[nH]c(=O)c2ccccc2c1=O)Nc1ccc(F)cc1Cl. The summed E-state index contributed by atoms with van der Waals surface area (Å²) in [6.45, 7) is -0.410. The molecule has 8 heteroatoms. The average Bonchev–Trinajstić information content (AvgIpc) is 2.55. The molecule has 0 fully saturated rings. The monoisotopic (exact) mass is 347 g/mol. The number of carbonyl (C=O) groups excluding carboxylic acids is 1. The van der Waals surface area contributed by atoms with Gasteiger partial charge in [0.1, 0.15) is 12.4 Å².